The Labute approximate surface area is 330 Å². The first kappa shape index (κ1) is 38.9. The van der Waals surface area contributed by atoms with Gasteiger partial charge in [-0.3, -0.25) is 19.5 Å². The molecule has 0 aliphatic carbocycles. The summed E-state index contributed by atoms with van der Waals surface area (Å²) in [4.78, 5) is 81.0. The summed E-state index contributed by atoms with van der Waals surface area (Å²) in [5.41, 5.74) is 6.39. The van der Waals surface area contributed by atoms with Crippen LogP contribution in [0.1, 0.15) is 76.6 Å². The van der Waals surface area contributed by atoms with Crippen LogP contribution in [0.15, 0.2) is 61.1 Å². The average Bonchev–Trinajstić information content (AvgIpc) is 4.06. The molecule has 0 bridgehead atoms. The molecule has 0 spiro atoms. The lowest BCUT2D eigenvalue weighted by Crippen LogP contribution is -2.51. The van der Waals surface area contributed by atoms with Crippen molar-refractivity contribution >= 4 is 35.0 Å². The largest absolute Gasteiger partial charge is 0.465 e. The lowest BCUT2D eigenvalue weighted by atomic mass is 10.0. The van der Waals surface area contributed by atoms with E-state index in [-0.39, 0.29) is 29.8 Å². The zero-order valence-corrected chi connectivity index (χ0v) is 32.7. The van der Waals surface area contributed by atoms with Crippen molar-refractivity contribution in [1.82, 2.24) is 49.9 Å². The molecule has 2 aliphatic rings. The van der Waals surface area contributed by atoms with Crippen molar-refractivity contribution in [2.24, 2.45) is 5.92 Å². The molecule has 5 aromatic rings. The monoisotopic (exact) mass is 776 g/mol. The van der Waals surface area contributed by atoms with Crippen molar-refractivity contribution < 1.29 is 29.0 Å². The number of likely N-dealkylation sites (tertiary alicyclic amines) is 2. The SMILES string of the molecule is CC[C@@H](NC(=O)OC)C(=O)N1CCC[C@H]1c1ncc(-c2ccc3nc(-c4ccc(-c5c[nH]c([C@@H]6CCCN6C(=O)[C@H](C(C)C)N(C)C(=O)O)n5)cc4)cnc3c2)[nH]1. The number of rotatable bonds is 11. The Bertz CT molecular complexity index is 2270. The average molecular weight is 777 g/mol. The lowest BCUT2D eigenvalue weighted by Gasteiger charge is -2.33. The molecule has 2 aromatic carbocycles. The van der Waals surface area contributed by atoms with Gasteiger partial charge in [0.05, 0.1) is 59.7 Å². The van der Waals surface area contributed by atoms with Gasteiger partial charge in [0.15, 0.2) is 0 Å². The van der Waals surface area contributed by atoms with Crippen molar-refractivity contribution in [3.8, 4) is 33.8 Å². The van der Waals surface area contributed by atoms with Crippen LogP contribution < -0.4 is 5.32 Å². The number of imidazole rings is 2. The highest BCUT2D eigenvalue weighted by Gasteiger charge is 2.40. The second kappa shape index (κ2) is 16.4. The maximum atomic E-state index is 13.6. The van der Waals surface area contributed by atoms with E-state index < -0.39 is 24.3 Å². The molecule has 16 nitrogen and oxygen atoms in total. The number of carboxylic acid groups (broad SMARTS) is 1. The number of fused-ring (bicyclic) bond motifs is 1. The second-order valence-electron chi connectivity index (χ2n) is 14.9. The van der Waals surface area contributed by atoms with Crippen molar-refractivity contribution in [2.75, 3.05) is 27.2 Å². The minimum Gasteiger partial charge on any atom is -0.465 e. The van der Waals surface area contributed by atoms with Gasteiger partial charge in [-0.1, -0.05) is 51.1 Å². The molecule has 2 saturated heterocycles. The number of nitrogens with zero attached hydrogens (tertiary/aromatic N) is 7. The number of aromatic amines is 2. The molecular formula is C41H48N10O6. The number of likely N-dealkylation sites (N-methyl/N-ethyl adjacent to an activating group) is 1. The van der Waals surface area contributed by atoms with Gasteiger partial charge < -0.3 is 34.9 Å². The van der Waals surface area contributed by atoms with E-state index >= 15 is 0 Å². The van der Waals surface area contributed by atoms with Gasteiger partial charge in [-0.2, -0.15) is 0 Å². The van der Waals surface area contributed by atoms with Crippen LogP contribution in [0, 0.1) is 5.92 Å². The molecule has 16 heteroatoms. The van der Waals surface area contributed by atoms with Crippen molar-refractivity contribution in [2.45, 2.75) is 77.0 Å². The number of amides is 4. The maximum Gasteiger partial charge on any atom is 0.407 e. The van der Waals surface area contributed by atoms with E-state index in [4.69, 9.17) is 19.7 Å². The van der Waals surface area contributed by atoms with E-state index in [2.05, 4.69) is 20.3 Å². The van der Waals surface area contributed by atoms with E-state index in [1.54, 1.807) is 22.2 Å². The molecule has 5 heterocycles. The Balaban J connectivity index is 1.03. The Morgan fingerprint density at radius 3 is 2.18 bits per heavy atom. The fourth-order valence-electron chi connectivity index (χ4n) is 7.99. The number of hydrogen-bond donors (Lipinski definition) is 4. The van der Waals surface area contributed by atoms with E-state index in [1.807, 2.05) is 69.4 Å². The Hall–Kier alpha value is -6.32. The summed E-state index contributed by atoms with van der Waals surface area (Å²) < 4.78 is 4.71. The number of methoxy groups -OCH3 is 1. The van der Waals surface area contributed by atoms with Gasteiger partial charge in [0, 0.05) is 43.0 Å². The summed E-state index contributed by atoms with van der Waals surface area (Å²) in [7, 11) is 2.72. The van der Waals surface area contributed by atoms with Gasteiger partial charge in [-0.05, 0) is 50.2 Å². The predicted octanol–water partition coefficient (Wildman–Crippen LogP) is 6.17. The second-order valence-corrected chi connectivity index (χ2v) is 14.9. The summed E-state index contributed by atoms with van der Waals surface area (Å²) in [5, 5.41) is 12.2. The van der Waals surface area contributed by atoms with Crippen molar-refractivity contribution in [3.05, 3.63) is 72.7 Å². The zero-order chi connectivity index (χ0) is 40.4. The normalized spacial score (nSPS) is 17.9. The van der Waals surface area contributed by atoms with Crippen LogP contribution in [0.25, 0.3) is 44.8 Å². The number of nitrogens with one attached hydrogen (secondary N) is 3. The molecule has 4 N–H and O–H groups in total. The van der Waals surface area contributed by atoms with Crippen LogP contribution in [0.2, 0.25) is 0 Å². The number of aromatic nitrogens is 6. The van der Waals surface area contributed by atoms with Gasteiger partial charge in [-0.15, -0.1) is 0 Å². The molecule has 4 atom stereocenters. The highest BCUT2D eigenvalue weighted by molar-refractivity contribution is 5.87. The topological polar surface area (TPSA) is 203 Å². The highest BCUT2D eigenvalue weighted by Crippen LogP contribution is 2.35. The van der Waals surface area contributed by atoms with E-state index in [1.165, 1.54) is 14.2 Å². The third-order valence-corrected chi connectivity index (χ3v) is 11.0. The molecule has 57 heavy (non-hydrogen) atoms. The van der Waals surface area contributed by atoms with Crippen molar-refractivity contribution in [1.29, 1.82) is 0 Å². The first-order chi connectivity index (χ1) is 27.5. The van der Waals surface area contributed by atoms with Gasteiger partial charge in [0.1, 0.15) is 23.7 Å². The van der Waals surface area contributed by atoms with E-state index in [0.717, 1.165) is 75.4 Å². The minimum absolute atomic E-state index is 0.157. The number of carbonyl (C=O) groups is 4. The van der Waals surface area contributed by atoms with Crippen LogP contribution >= 0.6 is 0 Å². The molecule has 298 valence electrons. The zero-order valence-electron chi connectivity index (χ0n) is 32.7. The number of ether oxygens (including phenoxy) is 1. The molecule has 3 aromatic heterocycles. The fraction of sp³-hybridized carbons (Fsp3) is 0.415. The van der Waals surface area contributed by atoms with Crippen LogP contribution in [0.4, 0.5) is 9.59 Å². The molecule has 4 amide bonds. The van der Waals surface area contributed by atoms with Crippen molar-refractivity contribution in [3.63, 3.8) is 0 Å². The molecule has 0 unspecified atom stereocenters. The first-order valence-corrected chi connectivity index (χ1v) is 19.4. The van der Waals surface area contributed by atoms with Crippen LogP contribution in [0.5, 0.6) is 0 Å². The van der Waals surface area contributed by atoms with Crippen LogP contribution in [-0.2, 0) is 14.3 Å². The molecule has 0 radical (unpaired) electrons. The number of benzene rings is 2. The smallest absolute Gasteiger partial charge is 0.407 e. The Morgan fingerprint density at radius 2 is 1.53 bits per heavy atom. The number of H-pyrrole nitrogens is 2. The summed E-state index contributed by atoms with van der Waals surface area (Å²) >= 11 is 0. The summed E-state index contributed by atoms with van der Waals surface area (Å²) in [6.07, 6.45) is 7.17. The fourth-order valence-corrected chi connectivity index (χ4v) is 7.99. The quantitative estimate of drug-likeness (QED) is 0.120. The number of carbonyl (C=O) groups excluding carboxylic acids is 3. The number of alkyl carbamates (subject to hydrolysis) is 1. The predicted molar refractivity (Wildman–Crippen MR) is 212 cm³/mol. The van der Waals surface area contributed by atoms with Gasteiger partial charge in [-0.25, -0.2) is 24.5 Å². The van der Waals surface area contributed by atoms with E-state index in [0.29, 0.717) is 31.2 Å². The third kappa shape index (κ3) is 7.89. The van der Waals surface area contributed by atoms with Crippen LogP contribution in [-0.4, -0.2) is 113 Å². The molecule has 2 fully saturated rings. The third-order valence-electron chi connectivity index (χ3n) is 11.0. The van der Waals surface area contributed by atoms with Gasteiger partial charge in [0.2, 0.25) is 11.8 Å². The summed E-state index contributed by atoms with van der Waals surface area (Å²) in [6, 6.07) is 11.8. The molecule has 2 aliphatic heterocycles. The molecular weight excluding hydrogens is 729 g/mol. The minimum atomic E-state index is -1.13. The lowest BCUT2D eigenvalue weighted by molar-refractivity contribution is -0.138. The standard InChI is InChI=1S/C41H48N10O6/c1-6-27(48-40(54)57-5)38(52)50-17-7-9-33(50)36-44-22-32(47-36)26-15-16-28-29(19-26)42-20-30(45-28)24-11-13-25(14-12-24)31-21-43-37(46-31)34-10-8-18-51(34)39(53)35(23(2)3)49(4)41(55)56/h11-16,19-23,27,33-35H,6-10,17-18H2,1-5H3,(H,43,46)(H,44,47)(H,48,54)(H,55,56)/t27-,33+,34+,35+/m1/s1. The molecule has 0 saturated carbocycles. The molecule has 7 rings (SSSR count). The van der Waals surface area contributed by atoms with Crippen LogP contribution in [0.3, 0.4) is 0 Å². The Morgan fingerprint density at radius 1 is 0.877 bits per heavy atom. The Kier molecular flexibility index (Phi) is 11.2. The van der Waals surface area contributed by atoms with E-state index in [9.17, 15) is 24.3 Å². The van der Waals surface area contributed by atoms with Gasteiger partial charge >= 0.3 is 12.2 Å². The summed E-state index contributed by atoms with van der Waals surface area (Å²) in [6.45, 7) is 6.69. The summed E-state index contributed by atoms with van der Waals surface area (Å²) in [5.74, 6) is 0.825. The first-order valence-electron chi connectivity index (χ1n) is 19.4. The number of hydrogen-bond acceptors (Lipinski definition) is 9. The highest BCUT2D eigenvalue weighted by atomic mass is 16.5. The maximum absolute atomic E-state index is 13.6. The van der Waals surface area contributed by atoms with Gasteiger partial charge in [0.25, 0.3) is 0 Å².